The molecule has 140 valence electrons. The molecule has 1 aliphatic heterocycles. The number of amides is 1. The molecule has 1 saturated heterocycles. The maximum atomic E-state index is 12.5. The van der Waals surface area contributed by atoms with Gasteiger partial charge in [0.2, 0.25) is 5.91 Å². The summed E-state index contributed by atoms with van der Waals surface area (Å²) in [4.78, 5) is 16.7. The third-order valence-electron chi connectivity index (χ3n) is 4.49. The first-order chi connectivity index (χ1) is 12.8. The van der Waals surface area contributed by atoms with E-state index in [9.17, 15) is 4.79 Å². The number of carbonyl (C=O) groups excluding carboxylic acids is 1. The Hall–Kier alpha value is -2.22. The summed E-state index contributed by atoms with van der Waals surface area (Å²) in [6.45, 7) is 5.41. The van der Waals surface area contributed by atoms with Crippen LogP contribution in [-0.4, -0.2) is 78.6 Å². The van der Waals surface area contributed by atoms with Gasteiger partial charge in [-0.15, -0.1) is 0 Å². The zero-order chi connectivity index (χ0) is 18.2. The Balaban J connectivity index is 1.69. The van der Waals surface area contributed by atoms with Gasteiger partial charge in [-0.3, -0.25) is 9.69 Å². The van der Waals surface area contributed by atoms with Crippen LogP contribution < -0.4 is 0 Å². The van der Waals surface area contributed by atoms with Gasteiger partial charge in [-0.2, -0.15) is 5.10 Å². The van der Waals surface area contributed by atoms with Gasteiger partial charge in [0.1, 0.15) is 6.61 Å². The van der Waals surface area contributed by atoms with Gasteiger partial charge < -0.3 is 14.4 Å². The summed E-state index contributed by atoms with van der Waals surface area (Å²) in [6.07, 6.45) is 1.77. The fourth-order valence-corrected chi connectivity index (χ4v) is 3.04. The molecule has 0 bridgehead atoms. The van der Waals surface area contributed by atoms with E-state index in [4.69, 9.17) is 9.47 Å². The van der Waals surface area contributed by atoms with Crippen LogP contribution in [0.4, 0.5) is 0 Å². The lowest BCUT2D eigenvalue weighted by Crippen LogP contribution is -2.43. The molecule has 0 N–H and O–H groups in total. The molecule has 1 fully saturated rings. The van der Waals surface area contributed by atoms with E-state index >= 15 is 0 Å². The number of hydrogen-bond donors (Lipinski definition) is 0. The van der Waals surface area contributed by atoms with Crippen LogP contribution in [0.25, 0.3) is 5.69 Å². The molecule has 0 atom stereocenters. The van der Waals surface area contributed by atoms with Crippen LogP contribution in [0.1, 0.15) is 5.69 Å². The Bertz CT molecular complexity index is 683. The first-order valence-electron chi connectivity index (χ1n) is 8.93. The van der Waals surface area contributed by atoms with Crippen molar-refractivity contribution in [3.8, 4) is 5.69 Å². The Morgan fingerprint density at radius 2 is 2.00 bits per heavy atom. The maximum Gasteiger partial charge on any atom is 0.248 e. The Kier molecular flexibility index (Phi) is 6.76. The minimum atomic E-state index is -0.0124. The van der Waals surface area contributed by atoms with Crippen LogP contribution in [0, 0.1) is 0 Å². The van der Waals surface area contributed by atoms with Crippen molar-refractivity contribution in [1.82, 2.24) is 19.6 Å². The molecule has 0 unspecified atom stereocenters. The van der Waals surface area contributed by atoms with Gasteiger partial charge in [-0.05, 0) is 18.2 Å². The second-order valence-corrected chi connectivity index (χ2v) is 6.27. The van der Waals surface area contributed by atoms with Crippen LogP contribution in [0.15, 0.2) is 42.6 Å². The number of hydrogen-bond acceptors (Lipinski definition) is 5. The predicted octanol–water partition coefficient (Wildman–Crippen LogP) is 1.18. The molecule has 3 rings (SSSR count). The van der Waals surface area contributed by atoms with Crippen LogP contribution in [0.2, 0.25) is 0 Å². The van der Waals surface area contributed by atoms with Gasteiger partial charge in [-0.25, -0.2) is 4.68 Å². The highest BCUT2D eigenvalue weighted by Crippen LogP contribution is 2.12. The van der Waals surface area contributed by atoms with Gasteiger partial charge in [-0.1, -0.05) is 18.2 Å². The molecular weight excluding hydrogens is 332 g/mol. The fourth-order valence-electron chi connectivity index (χ4n) is 3.04. The predicted molar refractivity (Wildman–Crippen MR) is 98.1 cm³/mol. The van der Waals surface area contributed by atoms with Crippen molar-refractivity contribution in [2.45, 2.75) is 6.54 Å². The molecule has 7 nitrogen and oxygen atoms in total. The number of para-hydroxylation sites is 1. The van der Waals surface area contributed by atoms with E-state index in [0.717, 1.165) is 44.2 Å². The SMILES string of the molecule is COCC(=O)N(CCN1CCOCC1)Cc1ccnn1-c1ccccc1. The Labute approximate surface area is 154 Å². The molecule has 0 radical (unpaired) electrons. The van der Waals surface area contributed by atoms with Gasteiger partial charge in [0, 0.05) is 39.5 Å². The van der Waals surface area contributed by atoms with Crippen molar-refractivity contribution in [2.75, 3.05) is 53.1 Å². The average Bonchev–Trinajstić information content (AvgIpc) is 3.15. The van der Waals surface area contributed by atoms with E-state index in [2.05, 4.69) is 10.00 Å². The number of ether oxygens (including phenoxy) is 2. The normalized spacial score (nSPS) is 15.1. The van der Waals surface area contributed by atoms with Crippen LogP contribution in [0.5, 0.6) is 0 Å². The minimum Gasteiger partial charge on any atom is -0.379 e. The smallest absolute Gasteiger partial charge is 0.248 e. The molecule has 26 heavy (non-hydrogen) atoms. The summed E-state index contributed by atoms with van der Waals surface area (Å²) < 4.78 is 12.3. The number of aromatic nitrogens is 2. The van der Waals surface area contributed by atoms with E-state index in [-0.39, 0.29) is 12.5 Å². The second-order valence-electron chi connectivity index (χ2n) is 6.27. The summed E-state index contributed by atoms with van der Waals surface area (Å²) in [5.74, 6) is -0.0124. The van der Waals surface area contributed by atoms with Crippen molar-refractivity contribution >= 4 is 5.91 Å². The summed E-state index contributed by atoms with van der Waals surface area (Å²) in [6, 6.07) is 11.9. The molecule has 1 aliphatic rings. The lowest BCUT2D eigenvalue weighted by molar-refractivity contribution is -0.136. The first-order valence-corrected chi connectivity index (χ1v) is 8.93. The molecule has 1 aromatic carbocycles. The molecule has 1 amide bonds. The Morgan fingerprint density at radius 3 is 2.73 bits per heavy atom. The van der Waals surface area contributed by atoms with Gasteiger partial charge >= 0.3 is 0 Å². The molecule has 7 heteroatoms. The number of methoxy groups -OCH3 is 1. The van der Waals surface area contributed by atoms with Crippen molar-refractivity contribution in [3.63, 3.8) is 0 Å². The van der Waals surface area contributed by atoms with E-state index < -0.39 is 0 Å². The third-order valence-corrected chi connectivity index (χ3v) is 4.49. The topological polar surface area (TPSA) is 59.8 Å². The number of carbonyl (C=O) groups is 1. The summed E-state index contributed by atoms with van der Waals surface area (Å²) >= 11 is 0. The van der Waals surface area contributed by atoms with E-state index in [1.165, 1.54) is 0 Å². The zero-order valence-electron chi connectivity index (χ0n) is 15.2. The summed E-state index contributed by atoms with van der Waals surface area (Å²) in [5, 5.41) is 4.42. The van der Waals surface area contributed by atoms with Gasteiger partial charge in [0.05, 0.1) is 31.1 Å². The molecule has 0 spiro atoms. The minimum absolute atomic E-state index is 0.0124. The number of nitrogens with zero attached hydrogens (tertiary/aromatic N) is 4. The standard InChI is InChI=1S/C19H26N4O3/c1-25-16-19(24)22(10-9-21-11-13-26-14-12-21)15-18-7-8-20-23(18)17-5-3-2-4-6-17/h2-8H,9-16H2,1H3. The van der Waals surface area contributed by atoms with E-state index in [1.807, 2.05) is 46.0 Å². The molecule has 2 aromatic rings. The van der Waals surface area contributed by atoms with E-state index in [0.29, 0.717) is 13.1 Å². The fraction of sp³-hybridized carbons (Fsp3) is 0.474. The van der Waals surface area contributed by atoms with Crippen molar-refractivity contribution in [3.05, 3.63) is 48.3 Å². The third kappa shape index (κ3) is 4.91. The van der Waals surface area contributed by atoms with Crippen molar-refractivity contribution < 1.29 is 14.3 Å². The lowest BCUT2D eigenvalue weighted by Gasteiger charge is -2.30. The Morgan fingerprint density at radius 1 is 1.23 bits per heavy atom. The quantitative estimate of drug-likeness (QED) is 0.709. The van der Waals surface area contributed by atoms with Crippen molar-refractivity contribution in [1.29, 1.82) is 0 Å². The van der Waals surface area contributed by atoms with Crippen LogP contribution in [0.3, 0.4) is 0 Å². The number of benzene rings is 1. The van der Waals surface area contributed by atoms with E-state index in [1.54, 1.807) is 13.3 Å². The molecule has 2 heterocycles. The zero-order valence-corrected chi connectivity index (χ0v) is 15.2. The molecule has 0 aliphatic carbocycles. The summed E-state index contributed by atoms with van der Waals surface area (Å²) in [7, 11) is 1.55. The highest BCUT2D eigenvalue weighted by molar-refractivity contribution is 5.77. The molecule has 0 saturated carbocycles. The highest BCUT2D eigenvalue weighted by atomic mass is 16.5. The molecular formula is C19H26N4O3. The molecule has 1 aromatic heterocycles. The average molecular weight is 358 g/mol. The van der Waals surface area contributed by atoms with Gasteiger partial charge in [0.25, 0.3) is 0 Å². The lowest BCUT2D eigenvalue weighted by atomic mass is 10.3. The van der Waals surface area contributed by atoms with Crippen LogP contribution in [-0.2, 0) is 20.8 Å². The monoisotopic (exact) mass is 358 g/mol. The summed E-state index contributed by atoms with van der Waals surface area (Å²) in [5.41, 5.74) is 1.96. The second kappa shape index (κ2) is 9.47. The number of morpholine rings is 1. The highest BCUT2D eigenvalue weighted by Gasteiger charge is 2.18. The largest absolute Gasteiger partial charge is 0.379 e. The van der Waals surface area contributed by atoms with Gasteiger partial charge in [0.15, 0.2) is 0 Å². The first kappa shape index (κ1) is 18.6. The van der Waals surface area contributed by atoms with Crippen molar-refractivity contribution in [2.24, 2.45) is 0 Å². The van der Waals surface area contributed by atoms with Crippen LogP contribution >= 0.6 is 0 Å². The maximum absolute atomic E-state index is 12.5. The number of rotatable bonds is 8.